The molecule has 0 radical (unpaired) electrons. The maximum absolute atomic E-state index is 5.90. The van der Waals surface area contributed by atoms with Crippen molar-refractivity contribution in [3.8, 4) is 5.75 Å². The summed E-state index contributed by atoms with van der Waals surface area (Å²) in [6.45, 7) is 12.8. The predicted molar refractivity (Wildman–Crippen MR) is 136 cm³/mol. The van der Waals surface area contributed by atoms with Crippen LogP contribution < -0.4 is 15.4 Å². The number of nitrogens with one attached hydrogen (secondary N) is 2. The van der Waals surface area contributed by atoms with Crippen molar-refractivity contribution >= 4 is 23.1 Å². The molecule has 0 spiro atoms. The van der Waals surface area contributed by atoms with Crippen LogP contribution >= 0.6 is 0 Å². The quantitative estimate of drug-likeness (QED) is 0.440. The SMILES string of the molecule is Cc1cnc(Nc2ccc(OCCN3CCCC3)cc2)nc1Nc1cccc(C(C)(C)C)c1. The first-order chi connectivity index (χ1) is 15.9. The fraction of sp³-hybridized carbons (Fsp3) is 0.407. The lowest BCUT2D eigenvalue weighted by atomic mass is 9.87. The third kappa shape index (κ3) is 6.45. The van der Waals surface area contributed by atoms with Crippen LogP contribution in [0, 0.1) is 6.92 Å². The van der Waals surface area contributed by atoms with Crippen LogP contribution in [-0.2, 0) is 5.41 Å². The third-order valence-electron chi connectivity index (χ3n) is 5.95. The highest BCUT2D eigenvalue weighted by molar-refractivity contribution is 5.63. The van der Waals surface area contributed by atoms with Crippen molar-refractivity contribution < 1.29 is 4.74 Å². The summed E-state index contributed by atoms with van der Waals surface area (Å²) in [6.07, 6.45) is 4.45. The summed E-state index contributed by atoms with van der Waals surface area (Å²) < 4.78 is 5.90. The standard InChI is InChI=1S/C27H35N5O/c1-20-19-28-26(31-25(20)29-23-9-7-8-21(18-23)27(2,3)4)30-22-10-12-24(13-11-22)33-17-16-32-14-5-6-15-32/h7-13,18-19H,5-6,14-17H2,1-4H3,(H2,28,29,30,31). The summed E-state index contributed by atoms with van der Waals surface area (Å²) in [5.74, 6) is 2.23. The minimum Gasteiger partial charge on any atom is -0.492 e. The van der Waals surface area contributed by atoms with Crippen LogP contribution in [0.2, 0.25) is 0 Å². The van der Waals surface area contributed by atoms with Gasteiger partial charge in [-0.25, -0.2) is 4.98 Å². The highest BCUT2D eigenvalue weighted by Gasteiger charge is 2.14. The maximum Gasteiger partial charge on any atom is 0.229 e. The number of likely N-dealkylation sites (tertiary alicyclic amines) is 1. The minimum atomic E-state index is 0.0924. The Balaban J connectivity index is 1.37. The summed E-state index contributed by atoms with van der Waals surface area (Å²) in [5, 5.41) is 6.75. The molecule has 6 nitrogen and oxygen atoms in total. The van der Waals surface area contributed by atoms with E-state index in [2.05, 4.69) is 65.6 Å². The zero-order chi connectivity index (χ0) is 23.3. The number of anilines is 4. The molecule has 6 heteroatoms. The molecule has 0 atom stereocenters. The molecule has 1 aliphatic heterocycles. The monoisotopic (exact) mass is 445 g/mol. The van der Waals surface area contributed by atoms with E-state index in [0.29, 0.717) is 5.95 Å². The topological polar surface area (TPSA) is 62.3 Å². The van der Waals surface area contributed by atoms with Crippen molar-refractivity contribution in [2.75, 3.05) is 36.9 Å². The number of hydrogen-bond donors (Lipinski definition) is 2. The Bertz CT molecular complexity index is 1050. The molecule has 3 aromatic rings. The van der Waals surface area contributed by atoms with E-state index in [-0.39, 0.29) is 5.41 Å². The van der Waals surface area contributed by atoms with Crippen molar-refractivity contribution in [3.63, 3.8) is 0 Å². The Morgan fingerprint density at radius 1 is 0.970 bits per heavy atom. The number of aryl methyl sites for hydroxylation is 1. The lowest BCUT2D eigenvalue weighted by Gasteiger charge is -2.20. The second-order valence-electron chi connectivity index (χ2n) is 9.73. The number of ether oxygens (including phenoxy) is 1. The van der Waals surface area contributed by atoms with Gasteiger partial charge >= 0.3 is 0 Å². The zero-order valence-corrected chi connectivity index (χ0v) is 20.2. The molecule has 4 rings (SSSR count). The van der Waals surface area contributed by atoms with Crippen LogP contribution in [-0.4, -0.2) is 41.1 Å². The van der Waals surface area contributed by atoms with Gasteiger partial charge in [-0.05, 0) is 80.2 Å². The van der Waals surface area contributed by atoms with Gasteiger partial charge < -0.3 is 15.4 Å². The smallest absolute Gasteiger partial charge is 0.229 e. The van der Waals surface area contributed by atoms with Crippen molar-refractivity contribution in [2.24, 2.45) is 0 Å². The van der Waals surface area contributed by atoms with Crippen LogP contribution in [0.3, 0.4) is 0 Å². The van der Waals surface area contributed by atoms with Gasteiger partial charge in [0.05, 0.1) is 0 Å². The fourth-order valence-corrected chi connectivity index (χ4v) is 3.89. The molecule has 0 bridgehead atoms. The molecule has 2 N–H and O–H groups in total. The van der Waals surface area contributed by atoms with Crippen molar-refractivity contribution in [1.82, 2.24) is 14.9 Å². The molecule has 1 aliphatic rings. The van der Waals surface area contributed by atoms with E-state index in [1.807, 2.05) is 37.4 Å². The van der Waals surface area contributed by atoms with E-state index in [0.717, 1.165) is 41.7 Å². The molecule has 1 saturated heterocycles. The maximum atomic E-state index is 5.90. The summed E-state index contributed by atoms with van der Waals surface area (Å²) >= 11 is 0. The van der Waals surface area contributed by atoms with Gasteiger partial charge in [-0.2, -0.15) is 4.98 Å². The van der Waals surface area contributed by atoms with Crippen LogP contribution in [0.25, 0.3) is 0 Å². The molecule has 0 amide bonds. The van der Waals surface area contributed by atoms with E-state index in [1.165, 1.54) is 31.5 Å². The first kappa shape index (κ1) is 23.1. The van der Waals surface area contributed by atoms with Gasteiger partial charge in [-0.15, -0.1) is 0 Å². The van der Waals surface area contributed by atoms with Gasteiger partial charge in [0, 0.05) is 29.7 Å². The number of rotatable bonds is 8. The summed E-state index contributed by atoms with van der Waals surface area (Å²) in [4.78, 5) is 11.6. The minimum absolute atomic E-state index is 0.0924. The van der Waals surface area contributed by atoms with E-state index in [9.17, 15) is 0 Å². The molecule has 174 valence electrons. The Morgan fingerprint density at radius 3 is 2.45 bits per heavy atom. The third-order valence-corrected chi connectivity index (χ3v) is 5.95. The molecule has 33 heavy (non-hydrogen) atoms. The lowest BCUT2D eigenvalue weighted by Crippen LogP contribution is -2.25. The molecule has 0 aliphatic carbocycles. The van der Waals surface area contributed by atoms with Crippen LogP contribution in [0.1, 0.15) is 44.7 Å². The summed E-state index contributed by atoms with van der Waals surface area (Å²) in [5.41, 5.74) is 4.30. The highest BCUT2D eigenvalue weighted by atomic mass is 16.5. The van der Waals surface area contributed by atoms with E-state index < -0.39 is 0 Å². The Morgan fingerprint density at radius 2 is 1.73 bits per heavy atom. The van der Waals surface area contributed by atoms with Gasteiger partial charge in [0.2, 0.25) is 5.95 Å². The van der Waals surface area contributed by atoms with E-state index in [4.69, 9.17) is 9.72 Å². The second-order valence-corrected chi connectivity index (χ2v) is 9.73. The molecular weight excluding hydrogens is 410 g/mol. The number of benzene rings is 2. The predicted octanol–water partition coefficient (Wildman–Crippen LogP) is 6.04. The average Bonchev–Trinajstić information content (AvgIpc) is 3.30. The second kappa shape index (κ2) is 10.2. The first-order valence-electron chi connectivity index (χ1n) is 11.8. The molecule has 1 aromatic heterocycles. The van der Waals surface area contributed by atoms with E-state index >= 15 is 0 Å². The molecular formula is C27H35N5O. The Kier molecular flexibility index (Phi) is 7.14. The number of hydrogen-bond acceptors (Lipinski definition) is 6. The van der Waals surface area contributed by atoms with Crippen LogP contribution in [0.4, 0.5) is 23.1 Å². The fourth-order valence-electron chi connectivity index (χ4n) is 3.89. The van der Waals surface area contributed by atoms with Crippen molar-refractivity contribution in [3.05, 3.63) is 65.9 Å². The average molecular weight is 446 g/mol. The summed E-state index contributed by atoms with van der Waals surface area (Å²) in [7, 11) is 0. The van der Waals surface area contributed by atoms with Gasteiger partial charge in [-0.3, -0.25) is 4.90 Å². The van der Waals surface area contributed by atoms with Crippen molar-refractivity contribution in [1.29, 1.82) is 0 Å². The Labute approximate surface area is 197 Å². The van der Waals surface area contributed by atoms with Gasteiger partial charge in [0.15, 0.2) is 0 Å². The van der Waals surface area contributed by atoms with Crippen molar-refractivity contribution in [2.45, 2.75) is 46.0 Å². The van der Waals surface area contributed by atoms with E-state index in [1.54, 1.807) is 0 Å². The molecule has 2 heterocycles. The zero-order valence-electron chi connectivity index (χ0n) is 20.2. The van der Waals surface area contributed by atoms with Gasteiger partial charge in [-0.1, -0.05) is 32.9 Å². The lowest BCUT2D eigenvalue weighted by molar-refractivity contribution is 0.238. The number of aromatic nitrogens is 2. The molecule has 1 fully saturated rings. The first-order valence-corrected chi connectivity index (χ1v) is 11.8. The molecule has 0 saturated carbocycles. The summed E-state index contributed by atoms with van der Waals surface area (Å²) in [6, 6.07) is 16.4. The Hall–Kier alpha value is -3.12. The normalized spacial score (nSPS) is 14.3. The van der Waals surface area contributed by atoms with Gasteiger partial charge in [0.25, 0.3) is 0 Å². The van der Waals surface area contributed by atoms with Crippen LogP contribution in [0.15, 0.2) is 54.7 Å². The highest BCUT2D eigenvalue weighted by Crippen LogP contribution is 2.27. The number of nitrogens with zero attached hydrogens (tertiary/aromatic N) is 3. The van der Waals surface area contributed by atoms with Crippen LogP contribution in [0.5, 0.6) is 5.75 Å². The molecule has 2 aromatic carbocycles. The molecule has 0 unspecified atom stereocenters. The largest absolute Gasteiger partial charge is 0.492 e. The van der Waals surface area contributed by atoms with Gasteiger partial charge in [0.1, 0.15) is 18.2 Å².